The summed E-state index contributed by atoms with van der Waals surface area (Å²) in [6.45, 7) is 5.12. The van der Waals surface area contributed by atoms with Crippen LogP contribution in [-0.4, -0.2) is 55.1 Å². The predicted molar refractivity (Wildman–Crippen MR) is 86.5 cm³/mol. The third-order valence-electron chi connectivity index (χ3n) is 5.85. The first-order valence-corrected chi connectivity index (χ1v) is 8.60. The van der Waals surface area contributed by atoms with E-state index >= 15 is 0 Å². The molecule has 1 aromatic rings. The molecule has 3 nitrogen and oxygen atoms in total. The summed E-state index contributed by atoms with van der Waals surface area (Å²) in [6.07, 6.45) is 5.45. The Morgan fingerprint density at radius 1 is 1.05 bits per heavy atom. The van der Waals surface area contributed by atoms with E-state index in [1.165, 1.54) is 57.4 Å². The Hall–Kier alpha value is -0.900. The monoisotopic (exact) mass is 285 g/mol. The largest absolute Gasteiger partial charge is 0.312 e. The van der Waals surface area contributed by atoms with Gasteiger partial charge in [-0.25, -0.2) is 0 Å². The van der Waals surface area contributed by atoms with E-state index in [4.69, 9.17) is 0 Å². The Bertz CT molecular complexity index is 501. The van der Waals surface area contributed by atoms with Gasteiger partial charge in [0, 0.05) is 37.8 Å². The second-order valence-corrected chi connectivity index (χ2v) is 6.92. The fourth-order valence-corrected chi connectivity index (χ4v) is 4.74. The number of nitrogens with zero attached hydrogens (tertiary/aromatic N) is 2. The van der Waals surface area contributed by atoms with E-state index in [2.05, 4.69) is 46.4 Å². The van der Waals surface area contributed by atoms with Gasteiger partial charge in [0.15, 0.2) is 0 Å². The molecule has 2 fully saturated rings. The van der Waals surface area contributed by atoms with Crippen LogP contribution in [0.1, 0.15) is 36.4 Å². The summed E-state index contributed by atoms with van der Waals surface area (Å²) in [4.78, 5) is 5.50. The molecule has 114 valence electrons. The molecule has 21 heavy (non-hydrogen) atoms. The highest BCUT2D eigenvalue weighted by Crippen LogP contribution is 2.35. The number of piperazine rings is 1. The molecule has 1 aliphatic carbocycles. The van der Waals surface area contributed by atoms with Crippen molar-refractivity contribution in [3.63, 3.8) is 0 Å². The zero-order chi connectivity index (χ0) is 14.2. The van der Waals surface area contributed by atoms with Gasteiger partial charge in [0.1, 0.15) is 0 Å². The van der Waals surface area contributed by atoms with Crippen LogP contribution in [0.5, 0.6) is 0 Å². The predicted octanol–water partition coefficient (Wildman–Crippen LogP) is 2.04. The van der Waals surface area contributed by atoms with Crippen molar-refractivity contribution >= 4 is 0 Å². The number of hydrogen-bond acceptors (Lipinski definition) is 3. The van der Waals surface area contributed by atoms with E-state index in [0.717, 1.165) is 6.04 Å². The van der Waals surface area contributed by atoms with Crippen LogP contribution < -0.4 is 5.32 Å². The Kier molecular flexibility index (Phi) is 3.74. The summed E-state index contributed by atoms with van der Waals surface area (Å²) >= 11 is 0. The van der Waals surface area contributed by atoms with Gasteiger partial charge in [0.25, 0.3) is 0 Å². The summed E-state index contributed by atoms with van der Waals surface area (Å²) in [6, 6.07) is 11.0. The van der Waals surface area contributed by atoms with Gasteiger partial charge in [-0.05, 0) is 44.0 Å². The number of fused-ring (bicyclic) bond motifs is 2. The van der Waals surface area contributed by atoms with Crippen LogP contribution in [0.3, 0.4) is 0 Å². The molecule has 1 N–H and O–H groups in total. The average molecular weight is 285 g/mol. The molecule has 3 atom stereocenters. The molecule has 0 amide bonds. The van der Waals surface area contributed by atoms with E-state index in [9.17, 15) is 0 Å². The summed E-state index contributed by atoms with van der Waals surface area (Å²) < 4.78 is 0. The maximum atomic E-state index is 3.58. The van der Waals surface area contributed by atoms with Crippen molar-refractivity contribution in [3.05, 3.63) is 35.4 Å². The van der Waals surface area contributed by atoms with Crippen LogP contribution in [0.2, 0.25) is 0 Å². The molecule has 2 aliphatic heterocycles. The lowest BCUT2D eigenvalue weighted by Gasteiger charge is -2.47. The molecular formula is C18H27N3. The smallest absolute Gasteiger partial charge is 0.0481 e. The van der Waals surface area contributed by atoms with Gasteiger partial charge in [0.2, 0.25) is 0 Å². The number of hydrogen-bond donors (Lipinski definition) is 1. The normalized spacial score (nSPS) is 33.7. The van der Waals surface area contributed by atoms with Crippen molar-refractivity contribution < 1.29 is 0 Å². The molecule has 3 unspecified atom stereocenters. The molecule has 0 saturated carbocycles. The number of likely N-dealkylation sites (N-methyl/N-ethyl adjacent to an activating group) is 1. The molecule has 1 aromatic carbocycles. The van der Waals surface area contributed by atoms with Crippen molar-refractivity contribution in [2.24, 2.45) is 0 Å². The van der Waals surface area contributed by atoms with Crippen molar-refractivity contribution in [1.82, 2.24) is 15.1 Å². The second kappa shape index (κ2) is 5.71. The topological polar surface area (TPSA) is 18.5 Å². The third kappa shape index (κ3) is 2.41. The van der Waals surface area contributed by atoms with Gasteiger partial charge < -0.3 is 5.32 Å². The van der Waals surface area contributed by atoms with E-state index in [-0.39, 0.29) is 0 Å². The van der Waals surface area contributed by atoms with Crippen LogP contribution in [0.4, 0.5) is 0 Å². The van der Waals surface area contributed by atoms with Gasteiger partial charge in [-0.1, -0.05) is 30.7 Å². The van der Waals surface area contributed by atoms with Gasteiger partial charge in [-0.3, -0.25) is 9.80 Å². The molecule has 3 aliphatic rings. The van der Waals surface area contributed by atoms with Crippen LogP contribution in [0.15, 0.2) is 24.3 Å². The Morgan fingerprint density at radius 3 is 2.81 bits per heavy atom. The fourth-order valence-electron chi connectivity index (χ4n) is 4.74. The lowest BCUT2D eigenvalue weighted by molar-refractivity contribution is 0.0215. The first-order chi connectivity index (χ1) is 10.4. The molecule has 0 bridgehead atoms. The third-order valence-corrected chi connectivity index (χ3v) is 5.85. The highest BCUT2D eigenvalue weighted by atomic mass is 15.3. The average Bonchev–Trinajstić information content (AvgIpc) is 2.93. The minimum Gasteiger partial charge on any atom is -0.312 e. The minimum atomic E-state index is 0.511. The van der Waals surface area contributed by atoms with Crippen LogP contribution in [0, 0.1) is 0 Å². The number of benzene rings is 1. The van der Waals surface area contributed by atoms with E-state index in [1.54, 1.807) is 5.56 Å². The molecule has 0 spiro atoms. The van der Waals surface area contributed by atoms with E-state index < -0.39 is 0 Å². The molecular weight excluding hydrogens is 258 g/mol. The number of rotatable bonds is 2. The zero-order valence-electron chi connectivity index (χ0n) is 13.1. The Balaban J connectivity index is 1.52. The highest BCUT2D eigenvalue weighted by molar-refractivity contribution is 5.37. The zero-order valence-corrected chi connectivity index (χ0v) is 13.1. The van der Waals surface area contributed by atoms with Crippen LogP contribution >= 0.6 is 0 Å². The van der Waals surface area contributed by atoms with Gasteiger partial charge in [0.05, 0.1) is 0 Å². The first-order valence-electron chi connectivity index (χ1n) is 8.60. The minimum absolute atomic E-state index is 0.511. The standard InChI is InChI=1S/C18H27N3/c1-19-18-16-8-3-2-6-14(16)12-17(18)21-11-10-20-9-5-4-7-15(20)13-21/h2-3,6,8,15,17-19H,4-5,7,9-13H2,1H3. The number of piperidine rings is 1. The fraction of sp³-hybridized carbons (Fsp3) is 0.667. The van der Waals surface area contributed by atoms with Crippen molar-refractivity contribution in [2.45, 2.75) is 43.8 Å². The molecule has 0 aromatic heterocycles. The van der Waals surface area contributed by atoms with Crippen molar-refractivity contribution in [3.8, 4) is 0 Å². The lowest BCUT2D eigenvalue weighted by atomic mass is 9.97. The van der Waals surface area contributed by atoms with Crippen molar-refractivity contribution in [1.29, 1.82) is 0 Å². The Labute approximate surface area is 128 Å². The highest BCUT2D eigenvalue weighted by Gasteiger charge is 2.39. The van der Waals surface area contributed by atoms with Gasteiger partial charge in [-0.2, -0.15) is 0 Å². The second-order valence-electron chi connectivity index (χ2n) is 6.92. The quantitative estimate of drug-likeness (QED) is 0.897. The maximum absolute atomic E-state index is 3.58. The molecule has 2 saturated heterocycles. The summed E-state index contributed by atoms with van der Waals surface area (Å²) in [7, 11) is 2.12. The molecule has 2 heterocycles. The Morgan fingerprint density at radius 2 is 1.90 bits per heavy atom. The summed E-state index contributed by atoms with van der Waals surface area (Å²) in [5, 5.41) is 3.58. The molecule has 0 radical (unpaired) electrons. The van der Waals surface area contributed by atoms with Crippen LogP contribution in [-0.2, 0) is 6.42 Å². The number of nitrogens with one attached hydrogen (secondary N) is 1. The molecule has 3 heteroatoms. The van der Waals surface area contributed by atoms with Gasteiger partial charge >= 0.3 is 0 Å². The maximum Gasteiger partial charge on any atom is 0.0481 e. The van der Waals surface area contributed by atoms with E-state index in [0.29, 0.717) is 12.1 Å². The van der Waals surface area contributed by atoms with E-state index in [1.807, 2.05) is 0 Å². The van der Waals surface area contributed by atoms with Gasteiger partial charge in [-0.15, -0.1) is 0 Å². The first kappa shape index (κ1) is 13.7. The SMILES string of the molecule is CNC1c2ccccc2CC1N1CCN2CCCCC2C1. The van der Waals surface area contributed by atoms with Crippen LogP contribution in [0.25, 0.3) is 0 Å². The van der Waals surface area contributed by atoms with Crippen molar-refractivity contribution in [2.75, 3.05) is 33.2 Å². The molecule has 4 rings (SSSR count). The summed E-state index contributed by atoms with van der Waals surface area (Å²) in [5.41, 5.74) is 3.07. The summed E-state index contributed by atoms with van der Waals surface area (Å²) in [5.74, 6) is 0. The lowest BCUT2D eigenvalue weighted by Crippen LogP contribution is -2.58.